The van der Waals surface area contributed by atoms with E-state index in [-0.39, 0.29) is 0 Å². The Kier molecular flexibility index (Phi) is 3.31. The molecular weight excluding hydrogens is 282 g/mol. The second kappa shape index (κ2) is 5.61. The standard InChI is InChI=1S/C20H17N3/c1-15-11-13-16(14-12-15)20-21-18-9-5-6-10-19(18)23(20)22-17-7-3-2-4-8-17/h2-14,22H,1H3. The van der Waals surface area contributed by atoms with Crippen LogP contribution in [0.15, 0.2) is 78.9 Å². The zero-order valence-electron chi connectivity index (χ0n) is 12.9. The van der Waals surface area contributed by atoms with Crippen LogP contribution >= 0.6 is 0 Å². The number of hydrogen-bond donors (Lipinski definition) is 1. The van der Waals surface area contributed by atoms with Crippen LogP contribution < -0.4 is 5.43 Å². The highest BCUT2D eigenvalue weighted by Crippen LogP contribution is 2.25. The fourth-order valence-corrected chi connectivity index (χ4v) is 2.68. The fraction of sp³-hybridized carbons (Fsp3) is 0.0500. The summed E-state index contributed by atoms with van der Waals surface area (Å²) in [6.07, 6.45) is 0. The van der Waals surface area contributed by atoms with Gasteiger partial charge < -0.3 is 0 Å². The molecule has 1 aromatic heterocycles. The van der Waals surface area contributed by atoms with Crippen LogP contribution in [0.1, 0.15) is 5.56 Å². The van der Waals surface area contributed by atoms with Gasteiger partial charge in [-0.2, -0.15) is 0 Å². The van der Waals surface area contributed by atoms with E-state index in [1.807, 2.05) is 48.5 Å². The third-order valence-electron chi connectivity index (χ3n) is 3.89. The molecule has 3 aromatic carbocycles. The first-order valence-corrected chi connectivity index (χ1v) is 7.68. The molecule has 4 aromatic rings. The van der Waals surface area contributed by atoms with Gasteiger partial charge in [-0.05, 0) is 31.2 Å². The summed E-state index contributed by atoms with van der Waals surface area (Å²) in [6.45, 7) is 2.09. The van der Waals surface area contributed by atoms with Crippen molar-refractivity contribution in [1.82, 2.24) is 9.66 Å². The third-order valence-corrected chi connectivity index (χ3v) is 3.89. The minimum absolute atomic E-state index is 0.912. The molecule has 1 heterocycles. The highest BCUT2D eigenvalue weighted by Gasteiger charge is 2.12. The average molecular weight is 299 g/mol. The van der Waals surface area contributed by atoms with E-state index in [4.69, 9.17) is 4.98 Å². The van der Waals surface area contributed by atoms with Crippen molar-refractivity contribution < 1.29 is 0 Å². The molecular formula is C20H17N3. The maximum atomic E-state index is 4.81. The maximum Gasteiger partial charge on any atom is 0.159 e. The Morgan fingerprint density at radius 3 is 2.26 bits per heavy atom. The second-order valence-electron chi connectivity index (χ2n) is 5.60. The van der Waals surface area contributed by atoms with Gasteiger partial charge in [0.05, 0.1) is 16.7 Å². The summed E-state index contributed by atoms with van der Waals surface area (Å²) in [5.74, 6) is 0.912. The number of aryl methyl sites for hydroxylation is 1. The quantitative estimate of drug-likeness (QED) is 0.584. The molecule has 0 atom stereocenters. The second-order valence-corrected chi connectivity index (χ2v) is 5.60. The molecule has 112 valence electrons. The van der Waals surface area contributed by atoms with Crippen molar-refractivity contribution in [2.45, 2.75) is 6.92 Å². The van der Waals surface area contributed by atoms with Gasteiger partial charge in [-0.1, -0.05) is 60.2 Å². The van der Waals surface area contributed by atoms with Gasteiger partial charge in [0.1, 0.15) is 0 Å². The van der Waals surface area contributed by atoms with Gasteiger partial charge in [0, 0.05) is 5.56 Å². The van der Waals surface area contributed by atoms with Gasteiger partial charge in [0.2, 0.25) is 0 Å². The highest BCUT2D eigenvalue weighted by molar-refractivity contribution is 5.81. The molecule has 3 heteroatoms. The molecule has 0 aliphatic carbocycles. The van der Waals surface area contributed by atoms with Gasteiger partial charge in [0.15, 0.2) is 5.82 Å². The fourth-order valence-electron chi connectivity index (χ4n) is 2.68. The Hall–Kier alpha value is -3.07. The number of para-hydroxylation sites is 3. The Bertz CT molecular complexity index is 938. The predicted octanol–water partition coefficient (Wildman–Crippen LogP) is 4.89. The van der Waals surface area contributed by atoms with Gasteiger partial charge in [-0.15, -0.1) is 0 Å². The maximum absolute atomic E-state index is 4.81. The normalized spacial score (nSPS) is 10.8. The Morgan fingerprint density at radius 2 is 1.48 bits per heavy atom. The van der Waals surface area contributed by atoms with E-state index in [1.54, 1.807) is 0 Å². The van der Waals surface area contributed by atoms with Gasteiger partial charge in [0.25, 0.3) is 0 Å². The van der Waals surface area contributed by atoms with E-state index in [0.29, 0.717) is 0 Å². The van der Waals surface area contributed by atoms with Crippen LogP contribution in [-0.2, 0) is 0 Å². The highest BCUT2D eigenvalue weighted by atomic mass is 15.4. The van der Waals surface area contributed by atoms with Crippen molar-refractivity contribution in [2.75, 3.05) is 5.43 Å². The summed E-state index contributed by atoms with van der Waals surface area (Å²) >= 11 is 0. The van der Waals surface area contributed by atoms with Gasteiger partial charge in [-0.3, -0.25) is 5.43 Å². The van der Waals surface area contributed by atoms with Gasteiger partial charge in [-0.25, -0.2) is 9.66 Å². The number of hydrogen-bond acceptors (Lipinski definition) is 2. The Labute approximate surface area is 135 Å². The molecule has 0 radical (unpaired) electrons. The van der Waals surface area contributed by atoms with E-state index >= 15 is 0 Å². The lowest BCUT2D eigenvalue weighted by atomic mass is 10.1. The van der Waals surface area contributed by atoms with E-state index in [0.717, 1.165) is 28.1 Å². The molecule has 0 saturated heterocycles. The van der Waals surface area contributed by atoms with Crippen LogP contribution in [0.25, 0.3) is 22.4 Å². The number of imidazole rings is 1. The monoisotopic (exact) mass is 299 g/mol. The molecule has 4 rings (SSSR count). The lowest BCUT2D eigenvalue weighted by Crippen LogP contribution is -2.10. The molecule has 0 saturated carbocycles. The van der Waals surface area contributed by atoms with Crippen LogP contribution in [0.4, 0.5) is 5.69 Å². The SMILES string of the molecule is Cc1ccc(-c2nc3ccccc3n2Nc2ccccc2)cc1. The number of benzene rings is 3. The van der Waals surface area contributed by atoms with Crippen LogP contribution in [0.5, 0.6) is 0 Å². The Balaban J connectivity index is 1.89. The average Bonchev–Trinajstić information content (AvgIpc) is 2.95. The van der Waals surface area contributed by atoms with Crippen molar-refractivity contribution in [3.63, 3.8) is 0 Å². The van der Waals surface area contributed by atoms with E-state index in [2.05, 4.69) is 47.4 Å². The molecule has 1 N–H and O–H groups in total. The molecule has 23 heavy (non-hydrogen) atoms. The van der Waals surface area contributed by atoms with Crippen LogP contribution in [-0.4, -0.2) is 9.66 Å². The summed E-state index contributed by atoms with van der Waals surface area (Å²) < 4.78 is 2.05. The molecule has 0 spiro atoms. The summed E-state index contributed by atoms with van der Waals surface area (Å²) in [4.78, 5) is 4.81. The summed E-state index contributed by atoms with van der Waals surface area (Å²) in [5.41, 5.74) is 8.87. The first kappa shape index (κ1) is 13.6. The summed E-state index contributed by atoms with van der Waals surface area (Å²) in [7, 11) is 0. The molecule has 0 fully saturated rings. The largest absolute Gasteiger partial charge is 0.292 e. The number of anilines is 1. The summed E-state index contributed by atoms with van der Waals surface area (Å²) in [5, 5.41) is 0. The molecule has 0 aliphatic heterocycles. The topological polar surface area (TPSA) is 29.9 Å². The van der Waals surface area contributed by atoms with Crippen LogP contribution in [0.3, 0.4) is 0 Å². The van der Waals surface area contributed by atoms with Crippen molar-refractivity contribution >= 4 is 16.7 Å². The lowest BCUT2D eigenvalue weighted by molar-refractivity contribution is 1.000. The molecule has 0 aliphatic rings. The van der Waals surface area contributed by atoms with Crippen molar-refractivity contribution in [3.8, 4) is 11.4 Å². The first-order valence-electron chi connectivity index (χ1n) is 7.68. The smallest absolute Gasteiger partial charge is 0.159 e. The number of fused-ring (bicyclic) bond motifs is 1. The zero-order chi connectivity index (χ0) is 15.6. The van der Waals surface area contributed by atoms with Crippen LogP contribution in [0.2, 0.25) is 0 Å². The van der Waals surface area contributed by atoms with Crippen LogP contribution in [0, 0.1) is 6.92 Å². The van der Waals surface area contributed by atoms with E-state index < -0.39 is 0 Å². The van der Waals surface area contributed by atoms with E-state index in [9.17, 15) is 0 Å². The minimum Gasteiger partial charge on any atom is -0.292 e. The molecule has 0 unspecified atom stereocenters. The van der Waals surface area contributed by atoms with Crippen molar-refractivity contribution in [3.05, 3.63) is 84.4 Å². The number of aromatic nitrogens is 2. The first-order chi connectivity index (χ1) is 11.3. The number of nitrogens with one attached hydrogen (secondary N) is 1. The molecule has 0 bridgehead atoms. The van der Waals surface area contributed by atoms with Crippen molar-refractivity contribution in [2.24, 2.45) is 0 Å². The Morgan fingerprint density at radius 1 is 0.783 bits per heavy atom. The van der Waals surface area contributed by atoms with Crippen molar-refractivity contribution in [1.29, 1.82) is 0 Å². The lowest BCUT2D eigenvalue weighted by Gasteiger charge is -2.12. The zero-order valence-corrected chi connectivity index (χ0v) is 12.9. The number of rotatable bonds is 3. The minimum atomic E-state index is 0.912. The number of nitrogens with zero attached hydrogens (tertiary/aromatic N) is 2. The molecule has 0 amide bonds. The van der Waals surface area contributed by atoms with E-state index in [1.165, 1.54) is 5.56 Å². The van der Waals surface area contributed by atoms with Gasteiger partial charge >= 0.3 is 0 Å². The third kappa shape index (κ3) is 2.57. The predicted molar refractivity (Wildman–Crippen MR) is 95.4 cm³/mol. The summed E-state index contributed by atoms with van der Waals surface area (Å²) in [6, 6.07) is 26.8. The molecule has 3 nitrogen and oxygen atoms in total.